The number of carbonyl (C=O) groups excluding carboxylic acids is 2. The van der Waals surface area contributed by atoms with Gasteiger partial charge in [-0.2, -0.15) is 0 Å². The Labute approximate surface area is 173 Å². The molecule has 0 saturated heterocycles. The number of hydrogen-bond donors (Lipinski definition) is 0. The van der Waals surface area contributed by atoms with Crippen LogP contribution in [0, 0.1) is 0 Å². The lowest BCUT2D eigenvalue weighted by Gasteiger charge is -2.36. The number of ketones is 1. The summed E-state index contributed by atoms with van der Waals surface area (Å²) < 4.78 is 11.5. The van der Waals surface area contributed by atoms with Gasteiger partial charge in [-0.1, -0.05) is 57.2 Å². The first kappa shape index (κ1) is 21.1. The van der Waals surface area contributed by atoms with Gasteiger partial charge in [-0.15, -0.1) is 0 Å². The summed E-state index contributed by atoms with van der Waals surface area (Å²) >= 11 is 0. The van der Waals surface area contributed by atoms with E-state index in [1.54, 1.807) is 19.1 Å². The van der Waals surface area contributed by atoms with Crippen LogP contribution in [-0.2, 0) is 9.53 Å². The first-order valence-electron chi connectivity index (χ1n) is 9.92. The van der Waals surface area contributed by atoms with Gasteiger partial charge in [0.1, 0.15) is 11.3 Å². The van der Waals surface area contributed by atoms with Crippen molar-refractivity contribution in [3.8, 4) is 5.75 Å². The van der Waals surface area contributed by atoms with Gasteiger partial charge in [0.25, 0.3) is 0 Å². The van der Waals surface area contributed by atoms with Crippen LogP contribution in [0.2, 0.25) is 18.1 Å². The quantitative estimate of drug-likeness (QED) is 0.365. The van der Waals surface area contributed by atoms with E-state index in [4.69, 9.17) is 9.16 Å². The van der Waals surface area contributed by atoms with Gasteiger partial charge in [0.15, 0.2) is 0 Å². The van der Waals surface area contributed by atoms with Crippen molar-refractivity contribution < 1.29 is 18.8 Å². The Balaban J connectivity index is 2.03. The topological polar surface area (TPSA) is 52.6 Å². The molecule has 1 aliphatic rings. The largest absolute Gasteiger partial charge is 0.544 e. The van der Waals surface area contributed by atoms with Gasteiger partial charge >= 0.3 is 5.97 Å². The molecule has 1 aliphatic carbocycles. The van der Waals surface area contributed by atoms with Crippen LogP contribution in [0.4, 0.5) is 0 Å². The highest BCUT2D eigenvalue weighted by molar-refractivity contribution is 6.74. The molecule has 0 fully saturated rings. The minimum absolute atomic E-state index is 0.0993. The van der Waals surface area contributed by atoms with Crippen molar-refractivity contribution in [2.45, 2.75) is 45.8 Å². The maximum absolute atomic E-state index is 12.9. The van der Waals surface area contributed by atoms with Gasteiger partial charge in [-0.25, -0.2) is 4.79 Å². The lowest BCUT2D eigenvalue weighted by atomic mass is 9.97. The number of esters is 1. The predicted molar refractivity (Wildman–Crippen MR) is 118 cm³/mol. The molecule has 0 heterocycles. The molecule has 0 atom stereocenters. The second kappa shape index (κ2) is 7.63. The second-order valence-corrected chi connectivity index (χ2v) is 13.5. The highest BCUT2D eigenvalue weighted by Crippen LogP contribution is 2.40. The fraction of sp³-hybridized carbons (Fsp3) is 0.333. The Kier molecular flexibility index (Phi) is 5.54. The smallest absolute Gasteiger partial charge is 0.342 e. The molecule has 0 bridgehead atoms. The van der Waals surface area contributed by atoms with Gasteiger partial charge in [0, 0.05) is 11.1 Å². The van der Waals surface area contributed by atoms with Crippen molar-refractivity contribution in [3.05, 3.63) is 70.8 Å². The predicted octanol–water partition coefficient (Wildman–Crippen LogP) is 5.63. The third-order valence-corrected chi connectivity index (χ3v) is 10.1. The van der Waals surface area contributed by atoms with E-state index < -0.39 is 14.3 Å². The lowest BCUT2D eigenvalue weighted by molar-refractivity contribution is -0.137. The molecule has 0 amide bonds. The molecule has 4 nitrogen and oxygen atoms in total. The number of Topliss-reactive ketones (excluding diaryl/α,β-unsaturated/α-hetero) is 1. The number of rotatable bonds is 5. The fourth-order valence-electron chi connectivity index (χ4n) is 3.12. The summed E-state index contributed by atoms with van der Waals surface area (Å²) in [7, 11) is -1.95. The third kappa shape index (κ3) is 3.92. The molecule has 2 aromatic carbocycles. The molecule has 0 N–H and O–H groups in total. The van der Waals surface area contributed by atoms with Gasteiger partial charge in [-0.05, 0) is 48.3 Å². The van der Waals surface area contributed by atoms with Crippen molar-refractivity contribution in [2.24, 2.45) is 0 Å². The molecule has 0 unspecified atom stereocenters. The summed E-state index contributed by atoms with van der Waals surface area (Å²) in [6.45, 7) is 13.0. The van der Waals surface area contributed by atoms with E-state index in [0.717, 1.165) is 16.9 Å². The number of benzene rings is 2. The first-order chi connectivity index (χ1) is 13.6. The van der Waals surface area contributed by atoms with Crippen LogP contribution in [0.5, 0.6) is 5.75 Å². The Morgan fingerprint density at radius 3 is 2.10 bits per heavy atom. The second-order valence-electron chi connectivity index (χ2n) is 8.73. The maximum atomic E-state index is 12.9. The number of fused-ring (bicyclic) bond motifs is 1. The molecule has 29 heavy (non-hydrogen) atoms. The zero-order valence-corrected chi connectivity index (χ0v) is 19.0. The Bertz CT molecular complexity index is 979. The maximum Gasteiger partial charge on any atom is 0.342 e. The minimum atomic E-state index is -1.95. The van der Waals surface area contributed by atoms with Crippen molar-refractivity contribution >= 4 is 25.6 Å². The molecular weight excluding hydrogens is 380 g/mol. The average Bonchev–Trinajstić information content (AvgIpc) is 2.94. The summed E-state index contributed by atoms with van der Waals surface area (Å²) in [5.74, 6) is -0.0582. The van der Waals surface area contributed by atoms with Gasteiger partial charge in [0.2, 0.25) is 14.1 Å². The first-order valence-corrected chi connectivity index (χ1v) is 12.8. The van der Waals surface area contributed by atoms with E-state index in [1.165, 1.54) is 0 Å². The normalized spacial score (nSPS) is 14.1. The molecular formula is C24H28O4Si. The van der Waals surface area contributed by atoms with Crippen molar-refractivity contribution in [2.75, 3.05) is 6.61 Å². The summed E-state index contributed by atoms with van der Waals surface area (Å²) in [5, 5.41) is 0.0993. The molecule has 0 aliphatic heterocycles. The molecule has 152 valence electrons. The van der Waals surface area contributed by atoms with Crippen molar-refractivity contribution in [1.29, 1.82) is 0 Å². The number of carbonyl (C=O) groups is 2. The molecule has 2 aromatic rings. The number of hydrogen-bond acceptors (Lipinski definition) is 4. The van der Waals surface area contributed by atoms with Crippen LogP contribution < -0.4 is 4.43 Å². The molecule has 3 rings (SSSR count). The Morgan fingerprint density at radius 2 is 1.55 bits per heavy atom. The average molecular weight is 409 g/mol. The third-order valence-electron chi connectivity index (χ3n) is 5.72. The lowest BCUT2D eigenvalue weighted by Crippen LogP contribution is -2.43. The van der Waals surface area contributed by atoms with E-state index in [-0.39, 0.29) is 23.0 Å². The monoisotopic (exact) mass is 408 g/mol. The molecule has 0 spiro atoms. The van der Waals surface area contributed by atoms with Gasteiger partial charge in [0.05, 0.1) is 6.61 Å². The summed E-state index contributed by atoms with van der Waals surface area (Å²) in [5.41, 5.74) is 2.83. The van der Waals surface area contributed by atoms with E-state index in [0.29, 0.717) is 11.1 Å². The standard InChI is InChI=1S/C24H28O4Si/c1-7-27-23(26)21-20(18-10-8-9-11-19(18)22(21)25)16-12-14-17(15-13-16)28-29(5,6)24(2,3)4/h8-15H,7H2,1-6H3. The van der Waals surface area contributed by atoms with E-state index in [2.05, 4.69) is 33.9 Å². The molecule has 5 heteroatoms. The van der Waals surface area contributed by atoms with Crippen LogP contribution >= 0.6 is 0 Å². The molecule has 0 radical (unpaired) electrons. The zero-order valence-electron chi connectivity index (χ0n) is 18.0. The fourth-order valence-corrected chi connectivity index (χ4v) is 4.15. The number of ether oxygens (including phenoxy) is 1. The van der Waals surface area contributed by atoms with Crippen LogP contribution in [0.15, 0.2) is 54.1 Å². The highest BCUT2D eigenvalue weighted by atomic mass is 28.4. The molecule has 0 aromatic heterocycles. The summed E-state index contributed by atoms with van der Waals surface area (Å²) in [4.78, 5) is 25.4. The van der Waals surface area contributed by atoms with Gasteiger partial charge < -0.3 is 9.16 Å². The van der Waals surface area contributed by atoms with Gasteiger partial charge in [-0.3, -0.25) is 4.79 Å². The summed E-state index contributed by atoms with van der Waals surface area (Å²) in [6, 6.07) is 14.9. The molecule has 0 saturated carbocycles. The Hall–Kier alpha value is -2.66. The minimum Gasteiger partial charge on any atom is -0.544 e. The van der Waals surface area contributed by atoms with E-state index in [1.807, 2.05) is 36.4 Å². The zero-order chi connectivity index (χ0) is 21.4. The highest BCUT2D eigenvalue weighted by Gasteiger charge is 2.39. The SMILES string of the molecule is CCOC(=O)C1=C(c2ccc(O[Si](C)(C)C(C)(C)C)cc2)c2ccccc2C1=O. The summed E-state index contributed by atoms with van der Waals surface area (Å²) in [6.07, 6.45) is 0. The Morgan fingerprint density at radius 1 is 0.966 bits per heavy atom. The van der Waals surface area contributed by atoms with Crippen molar-refractivity contribution in [3.63, 3.8) is 0 Å². The van der Waals surface area contributed by atoms with E-state index >= 15 is 0 Å². The van der Waals surface area contributed by atoms with Crippen molar-refractivity contribution in [1.82, 2.24) is 0 Å². The van der Waals surface area contributed by atoms with Crippen LogP contribution in [0.25, 0.3) is 5.57 Å². The van der Waals surface area contributed by atoms with Crippen LogP contribution in [-0.4, -0.2) is 26.7 Å². The van der Waals surface area contributed by atoms with Crippen LogP contribution in [0.1, 0.15) is 49.2 Å². The van der Waals surface area contributed by atoms with E-state index in [9.17, 15) is 9.59 Å². The van der Waals surface area contributed by atoms with Crippen LogP contribution in [0.3, 0.4) is 0 Å².